The molecule has 0 heterocycles. The predicted molar refractivity (Wildman–Crippen MR) is 80.1 cm³/mol. The van der Waals surface area contributed by atoms with E-state index in [1.807, 2.05) is 60.7 Å². The Morgan fingerprint density at radius 1 is 0.650 bits per heavy atom. The van der Waals surface area contributed by atoms with E-state index >= 15 is 0 Å². The fourth-order valence-electron chi connectivity index (χ4n) is 1.97. The second-order valence-electron chi connectivity index (χ2n) is 4.70. The Morgan fingerprint density at radius 2 is 1.00 bits per heavy atom. The molecule has 2 atom stereocenters. The molecule has 20 heavy (non-hydrogen) atoms. The van der Waals surface area contributed by atoms with E-state index in [9.17, 15) is 10.2 Å². The normalized spacial score (nSPS) is 13.1. The zero-order chi connectivity index (χ0) is 14.2. The van der Waals surface area contributed by atoms with Crippen LogP contribution in [-0.4, -0.2) is 22.4 Å². The molecule has 0 aromatic heterocycles. The summed E-state index contributed by atoms with van der Waals surface area (Å²) in [5, 5.41) is 19.7. The third-order valence-electron chi connectivity index (χ3n) is 2.96. The van der Waals surface area contributed by atoms with Gasteiger partial charge in [0.2, 0.25) is 0 Å². The number of hydrogen-bond acceptors (Lipinski definition) is 2. The summed E-state index contributed by atoms with van der Waals surface area (Å²) >= 11 is 0. The lowest BCUT2D eigenvalue weighted by molar-refractivity contribution is 0.222. The van der Waals surface area contributed by atoms with Crippen molar-refractivity contribution >= 4 is 0 Å². The van der Waals surface area contributed by atoms with Gasteiger partial charge in [-0.2, -0.15) is 0 Å². The lowest BCUT2D eigenvalue weighted by Crippen LogP contribution is -2.11. The van der Waals surface area contributed by atoms with Crippen LogP contribution >= 0.6 is 0 Å². The summed E-state index contributed by atoms with van der Waals surface area (Å²) in [7, 11) is 0. The van der Waals surface area contributed by atoms with Crippen LogP contribution in [0.15, 0.2) is 60.7 Å². The van der Waals surface area contributed by atoms with Gasteiger partial charge in [-0.3, -0.25) is 0 Å². The summed E-state index contributed by atoms with van der Waals surface area (Å²) in [6.45, 7) is 0. The summed E-state index contributed by atoms with van der Waals surface area (Å²) in [5.74, 6) is 5.41. The van der Waals surface area contributed by atoms with Crippen molar-refractivity contribution in [3.05, 3.63) is 71.8 Å². The molecule has 0 radical (unpaired) electrons. The van der Waals surface area contributed by atoms with E-state index < -0.39 is 12.2 Å². The summed E-state index contributed by atoms with van der Waals surface area (Å²) in [6.07, 6.45) is -0.539. The number of aliphatic hydroxyl groups is 2. The van der Waals surface area contributed by atoms with Crippen LogP contribution in [0, 0.1) is 11.8 Å². The van der Waals surface area contributed by atoms with Crippen molar-refractivity contribution in [1.29, 1.82) is 0 Å². The van der Waals surface area contributed by atoms with Crippen LogP contribution in [0.3, 0.4) is 0 Å². The fourth-order valence-corrected chi connectivity index (χ4v) is 1.97. The lowest BCUT2D eigenvalue weighted by Gasteiger charge is -2.05. The van der Waals surface area contributed by atoms with E-state index in [-0.39, 0.29) is 0 Å². The van der Waals surface area contributed by atoms with E-state index in [1.54, 1.807) is 0 Å². The Bertz CT molecular complexity index is 515. The second-order valence-corrected chi connectivity index (χ2v) is 4.70. The van der Waals surface area contributed by atoms with E-state index in [4.69, 9.17) is 0 Å². The van der Waals surface area contributed by atoms with Gasteiger partial charge >= 0.3 is 0 Å². The quantitative estimate of drug-likeness (QED) is 0.833. The van der Waals surface area contributed by atoms with Crippen molar-refractivity contribution in [2.45, 2.75) is 25.0 Å². The Kier molecular flexibility index (Phi) is 5.37. The first kappa shape index (κ1) is 14.3. The van der Waals surface area contributed by atoms with Gasteiger partial charge in [-0.05, 0) is 11.1 Å². The van der Waals surface area contributed by atoms with Gasteiger partial charge in [-0.25, -0.2) is 0 Å². The minimum Gasteiger partial charge on any atom is -0.380 e. The highest BCUT2D eigenvalue weighted by atomic mass is 16.3. The third-order valence-corrected chi connectivity index (χ3v) is 2.96. The number of hydrogen-bond donors (Lipinski definition) is 2. The molecular weight excluding hydrogens is 248 g/mol. The Labute approximate surface area is 119 Å². The minimum absolute atomic E-state index is 0.478. The van der Waals surface area contributed by atoms with Gasteiger partial charge in [-0.15, -0.1) is 0 Å². The number of benzene rings is 2. The average Bonchev–Trinajstić information content (AvgIpc) is 2.47. The summed E-state index contributed by atoms with van der Waals surface area (Å²) in [6, 6.07) is 19.4. The van der Waals surface area contributed by atoms with Crippen LogP contribution in [0.25, 0.3) is 0 Å². The molecule has 0 saturated heterocycles. The smallest absolute Gasteiger partial charge is 0.118 e. The van der Waals surface area contributed by atoms with Crippen LogP contribution in [0.1, 0.15) is 11.1 Å². The number of rotatable bonds is 4. The molecule has 2 aromatic carbocycles. The van der Waals surface area contributed by atoms with E-state index in [0.29, 0.717) is 12.8 Å². The highest BCUT2D eigenvalue weighted by Crippen LogP contribution is 2.04. The van der Waals surface area contributed by atoms with Gasteiger partial charge in [-0.1, -0.05) is 72.5 Å². The van der Waals surface area contributed by atoms with Gasteiger partial charge in [0.25, 0.3) is 0 Å². The van der Waals surface area contributed by atoms with Crippen LogP contribution in [0.4, 0.5) is 0 Å². The Morgan fingerprint density at radius 3 is 1.35 bits per heavy atom. The van der Waals surface area contributed by atoms with E-state index in [2.05, 4.69) is 11.8 Å². The SMILES string of the molecule is O[C@H](C#C[C@H](O)Cc1ccccc1)Cc1ccccc1. The van der Waals surface area contributed by atoms with Gasteiger partial charge in [0, 0.05) is 12.8 Å². The predicted octanol–water partition coefficient (Wildman–Crippen LogP) is 2.20. The largest absolute Gasteiger partial charge is 0.380 e. The molecule has 2 rings (SSSR count). The first-order valence-corrected chi connectivity index (χ1v) is 6.69. The van der Waals surface area contributed by atoms with Crippen molar-refractivity contribution in [1.82, 2.24) is 0 Å². The summed E-state index contributed by atoms with van der Waals surface area (Å²) in [5.41, 5.74) is 2.07. The van der Waals surface area contributed by atoms with Crippen molar-refractivity contribution in [3.63, 3.8) is 0 Å². The first-order valence-electron chi connectivity index (χ1n) is 6.69. The summed E-state index contributed by atoms with van der Waals surface area (Å²) in [4.78, 5) is 0. The molecule has 0 saturated carbocycles. The topological polar surface area (TPSA) is 40.5 Å². The second kappa shape index (κ2) is 7.49. The zero-order valence-electron chi connectivity index (χ0n) is 11.2. The molecule has 0 amide bonds. The van der Waals surface area contributed by atoms with Gasteiger partial charge < -0.3 is 10.2 Å². The maximum Gasteiger partial charge on any atom is 0.118 e. The first-order chi connectivity index (χ1) is 9.74. The zero-order valence-corrected chi connectivity index (χ0v) is 11.2. The highest BCUT2D eigenvalue weighted by Gasteiger charge is 2.03. The molecule has 0 spiro atoms. The minimum atomic E-state index is -0.747. The maximum absolute atomic E-state index is 9.83. The molecule has 0 fully saturated rings. The molecule has 0 aliphatic heterocycles. The molecule has 2 N–H and O–H groups in total. The fraction of sp³-hybridized carbons (Fsp3) is 0.222. The number of aliphatic hydroxyl groups excluding tert-OH is 2. The average molecular weight is 266 g/mol. The maximum atomic E-state index is 9.83. The lowest BCUT2D eigenvalue weighted by atomic mass is 10.1. The molecule has 0 bridgehead atoms. The standard InChI is InChI=1S/C18H18O2/c19-17(13-15-7-3-1-4-8-15)11-12-18(20)14-16-9-5-2-6-10-16/h1-10,17-20H,13-14H2/t17-,18+. The third kappa shape index (κ3) is 4.89. The molecule has 0 aliphatic rings. The Hall–Kier alpha value is -2.08. The molecule has 0 aliphatic carbocycles. The van der Waals surface area contributed by atoms with Crippen LogP contribution < -0.4 is 0 Å². The molecule has 2 nitrogen and oxygen atoms in total. The molecule has 0 unspecified atom stereocenters. The van der Waals surface area contributed by atoms with Crippen LogP contribution in [0.2, 0.25) is 0 Å². The van der Waals surface area contributed by atoms with Crippen molar-refractivity contribution in [3.8, 4) is 11.8 Å². The van der Waals surface area contributed by atoms with Crippen LogP contribution in [0.5, 0.6) is 0 Å². The van der Waals surface area contributed by atoms with Crippen molar-refractivity contribution in [2.75, 3.05) is 0 Å². The molecule has 102 valence electrons. The van der Waals surface area contributed by atoms with E-state index in [0.717, 1.165) is 11.1 Å². The monoisotopic (exact) mass is 266 g/mol. The molecule has 2 heteroatoms. The summed E-state index contributed by atoms with van der Waals surface area (Å²) < 4.78 is 0. The van der Waals surface area contributed by atoms with E-state index in [1.165, 1.54) is 0 Å². The van der Waals surface area contributed by atoms with Gasteiger partial charge in [0.1, 0.15) is 12.2 Å². The van der Waals surface area contributed by atoms with Gasteiger partial charge in [0.15, 0.2) is 0 Å². The van der Waals surface area contributed by atoms with Crippen LogP contribution in [-0.2, 0) is 12.8 Å². The molecule has 2 aromatic rings. The van der Waals surface area contributed by atoms with Crippen molar-refractivity contribution in [2.24, 2.45) is 0 Å². The molecular formula is C18H18O2. The van der Waals surface area contributed by atoms with Gasteiger partial charge in [0.05, 0.1) is 0 Å². The Balaban J connectivity index is 1.86. The van der Waals surface area contributed by atoms with Crippen molar-refractivity contribution < 1.29 is 10.2 Å². The highest BCUT2D eigenvalue weighted by molar-refractivity contribution is 5.21.